The fraction of sp³-hybridized carbons (Fsp3) is 0.667. The summed E-state index contributed by atoms with van der Waals surface area (Å²) in [4.78, 5) is 39.0. The van der Waals surface area contributed by atoms with E-state index >= 15 is 0 Å². The standard InChI is InChI=1S/C12H20N2O6/c1-11(2,3)19-10(17)12(4,5)20-14-7(8(13)15)9(16)18-6/h1-6H3,(H2,13,15)/b14-7-. The number of amides is 1. The summed E-state index contributed by atoms with van der Waals surface area (Å²) < 4.78 is 9.43. The van der Waals surface area contributed by atoms with Gasteiger partial charge in [-0.25, -0.2) is 9.59 Å². The van der Waals surface area contributed by atoms with E-state index < -0.39 is 34.8 Å². The Bertz CT molecular complexity index is 434. The van der Waals surface area contributed by atoms with Crippen LogP contribution in [0.15, 0.2) is 5.16 Å². The number of rotatable bonds is 5. The Morgan fingerprint density at radius 3 is 1.90 bits per heavy atom. The number of nitrogens with zero attached hydrogens (tertiary/aromatic N) is 1. The minimum atomic E-state index is -1.50. The Hall–Kier alpha value is -2.12. The van der Waals surface area contributed by atoms with Gasteiger partial charge < -0.3 is 20.0 Å². The van der Waals surface area contributed by atoms with Gasteiger partial charge in [0.1, 0.15) is 5.60 Å². The summed E-state index contributed by atoms with van der Waals surface area (Å²) in [6, 6.07) is 0. The van der Waals surface area contributed by atoms with E-state index in [2.05, 4.69) is 9.89 Å². The molecule has 0 saturated carbocycles. The SMILES string of the molecule is COC(=O)/C(=N\OC(C)(C)C(=O)OC(C)(C)C)C(N)=O. The minimum Gasteiger partial charge on any atom is -0.464 e. The van der Waals surface area contributed by atoms with Crippen LogP contribution in [0.2, 0.25) is 0 Å². The second kappa shape index (κ2) is 6.36. The Kier molecular flexibility index (Phi) is 5.68. The number of carbonyl (C=O) groups is 3. The molecule has 0 spiro atoms. The molecular formula is C12H20N2O6. The quantitative estimate of drug-likeness (QED) is 0.333. The molecule has 0 unspecified atom stereocenters. The van der Waals surface area contributed by atoms with Crippen LogP contribution in [-0.2, 0) is 28.7 Å². The second-order valence-corrected chi connectivity index (χ2v) is 5.40. The summed E-state index contributed by atoms with van der Waals surface area (Å²) in [7, 11) is 1.06. The molecule has 2 N–H and O–H groups in total. The maximum Gasteiger partial charge on any atom is 0.365 e. The number of primary amides is 1. The number of carbonyl (C=O) groups excluding carboxylic acids is 3. The first-order valence-corrected chi connectivity index (χ1v) is 5.78. The third-order valence-electron chi connectivity index (χ3n) is 1.87. The van der Waals surface area contributed by atoms with Gasteiger partial charge in [0, 0.05) is 0 Å². The van der Waals surface area contributed by atoms with E-state index in [1.165, 1.54) is 13.8 Å². The highest BCUT2D eigenvalue weighted by Crippen LogP contribution is 2.17. The molecule has 0 aliphatic heterocycles. The molecular weight excluding hydrogens is 268 g/mol. The predicted molar refractivity (Wildman–Crippen MR) is 69.7 cm³/mol. The molecule has 114 valence electrons. The zero-order valence-electron chi connectivity index (χ0n) is 12.5. The molecule has 0 aliphatic rings. The molecule has 0 fully saturated rings. The van der Waals surface area contributed by atoms with Gasteiger partial charge in [0.25, 0.3) is 11.6 Å². The van der Waals surface area contributed by atoms with Crippen molar-refractivity contribution in [1.29, 1.82) is 0 Å². The lowest BCUT2D eigenvalue weighted by Crippen LogP contribution is -2.41. The van der Waals surface area contributed by atoms with Crippen molar-refractivity contribution in [3.63, 3.8) is 0 Å². The fourth-order valence-corrected chi connectivity index (χ4v) is 0.878. The van der Waals surface area contributed by atoms with Gasteiger partial charge in [-0.2, -0.15) is 0 Å². The van der Waals surface area contributed by atoms with Gasteiger partial charge in [-0.3, -0.25) is 4.79 Å². The van der Waals surface area contributed by atoms with E-state index in [1.807, 2.05) is 0 Å². The van der Waals surface area contributed by atoms with Gasteiger partial charge in [-0.05, 0) is 34.6 Å². The first-order chi connectivity index (χ1) is 8.90. The summed E-state index contributed by atoms with van der Waals surface area (Å²) in [6.45, 7) is 7.82. The van der Waals surface area contributed by atoms with Crippen molar-refractivity contribution in [1.82, 2.24) is 0 Å². The number of hydrogen-bond acceptors (Lipinski definition) is 7. The molecule has 0 atom stereocenters. The minimum absolute atomic E-state index is 0.706. The molecule has 0 heterocycles. The first-order valence-electron chi connectivity index (χ1n) is 5.78. The van der Waals surface area contributed by atoms with Crippen LogP contribution in [0.1, 0.15) is 34.6 Å². The van der Waals surface area contributed by atoms with Crippen molar-refractivity contribution in [3.8, 4) is 0 Å². The van der Waals surface area contributed by atoms with Gasteiger partial charge in [0.2, 0.25) is 5.60 Å². The highest BCUT2D eigenvalue weighted by molar-refractivity contribution is 6.63. The predicted octanol–water partition coefficient (Wildman–Crippen LogP) is 0.138. The number of oxime groups is 1. The van der Waals surface area contributed by atoms with Gasteiger partial charge in [0.05, 0.1) is 7.11 Å². The lowest BCUT2D eigenvalue weighted by atomic mass is 10.1. The average Bonchev–Trinajstić information content (AvgIpc) is 2.25. The maximum atomic E-state index is 11.9. The van der Waals surface area contributed by atoms with Crippen LogP contribution in [0.25, 0.3) is 0 Å². The van der Waals surface area contributed by atoms with Gasteiger partial charge in [-0.1, -0.05) is 5.16 Å². The molecule has 20 heavy (non-hydrogen) atoms. The van der Waals surface area contributed by atoms with Crippen molar-refractivity contribution in [2.75, 3.05) is 7.11 Å². The van der Waals surface area contributed by atoms with E-state index in [1.54, 1.807) is 20.8 Å². The highest BCUT2D eigenvalue weighted by atomic mass is 16.7. The van der Waals surface area contributed by atoms with Crippen LogP contribution in [0.5, 0.6) is 0 Å². The molecule has 0 aromatic carbocycles. The molecule has 0 aliphatic carbocycles. The highest BCUT2D eigenvalue weighted by Gasteiger charge is 2.36. The molecule has 0 saturated heterocycles. The van der Waals surface area contributed by atoms with E-state index in [4.69, 9.17) is 15.3 Å². The van der Waals surface area contributed by atoms with Crippen LogP contribution in [0.4, 0.5) is 0 Å². The van der Waals surface area contributed by atoms with Crippen molar-refractivity contribution < 1.29 is 28.7 Å². The lowest BCUT2D eigenvalue weighted by Gasteiger charge is -2.26. The summed E-state index contributed by atoms with van der Waals surface area (Å²) in [5.41, 5.74) is 2.00. The molecule has 8 heteroatoms. The first kappa shape index (κ1) is 17.9. The van der Waals surface area contributed by atoms with Crippen LogP contribution in [0.3, 0.4) is 0 Å². The monoisotopic (exact) mass is 288 g/mol. The molecule has 0 aromatic rings. The van der Waals surface area contributed by atoms with Crippen molar-refractivity contribution in [3.05, 3.63) is 0 Å². The van der Waals surface area contributed by atoms with Crippen LogP contribution >= 0.6 is 0 Å². The van der Waals surface area contributed by atoms with E-state index in [0.717, 1.165) is 7.11 Å². The number of hydrogen-bond donors (Lipinski definition) is 1. The van der Waals surface area contributed by atoms with Crippen LogP contribution in [-0.4, -0.2) is 41.9 Å². The van der Waals surface area contributed by atoms with Crippen LogP contribution < -0.4 is 5.73 Å². The van der Waals surface area contributed by atoms with E-state index in [0.29, 0.717) is 0 Å². The molecule has 0 rings (SSSR count). The van der Waals surface area contributed by atoms with Crippen molar-refractivity contribution in [2.45, 2.75) is 45.8 Å². The molecule has 0 bridgehead atoms. The Balaban J connectivity index is 5.03. The number of esters is 2. The van der Waals surface area contributed by atoms with E-state index in [-0.39, 0.29) is 0 Å². The molecule has 8 nitrogen and oxygen atoms in total. The Morgan fingerprint density at radius 2 is 1.55 bits per heavy atom. The molecule has 1 amide bonds. The lowest BCUT2D eigenvalue weighted by molar-refractivity contribution is -0.179. The van der Waals surface area contributed by atoms with E-state index in [9.17, 15) is 14.4 Å². The van der Waals surface area contributed by atoms with Crippen molar-refractivity contribution >= 4 is 23.6 Å². The third-order valence-corrected chi connectivity index (χ3v) is 1.87. The second-order valence-electron chi connectivity index (χ2n) is 5.40. The molecule has 0 radical (unpaired) electrons. The number of methoxy groups -OCH3 is 1. The summed E-state index contributed by atoms with van der Waals surface area (Å²) >= 11 is 0. The van der Waals surface area contributed by atoms with Gasteiger partial charge in [-0.15, -0.1) is 0 Å². The smallest absolute Gasteiger partial charge is 0.365 e. The van der Waals surface area contributed by atoms with Crippen LogP contribution in [0, 0.1) is 0 Å². The number of nitrogens with two attached hydrogens (primary N) is 1. The summed E-state index contributed by atoms with van der Waals surface area (Å²) in [6.07, 6.45) is 0. The average molecular weight is 288 g/mol. The van der Waals surface area contributed by atoms with Crippen molar-refractivity contribution in [2.24, 2.45) is 10.9 Å². The van der Waals surface area contributed by atoms with Gasteiger partial charge >= 0.3 is 11.9 Å². The zero-order chi connectivity index (χ0) is 16.1. The normalized spacial score (nSPS) is 12.6. The largest absolute Gasteiger partial charge is 0.464 e. The summed E-state index contributed by atoms with van der Waals surface area (Å²) in [5, 5.41) is 3.28. The fourth-order valence-electron chi connectivity index (χ4n) is 0.878. The summed E-state index contributed by atoms with van der Waals surface area (Å²) in [5.74, 6) is -2.89. The third kappa shape index (κ3) is 5.68. The Labute approximate surface area is 117 Å². The van der Waals surface area contributed by atoms with Gasteiger partial charge in [0.15, 0.2) is 0 Å². The number of ether oxygens (including phenoxy) is 2. The topological polar surface area (TPSA) is 117 Å². The zero-order valence-corrected chi connectivity index (χ0v) is 12.5. The maximum absolute atomic E-state index is 11.9. The Morgan fingerprint density at radius 1 is 1.05 bits per heavy atom. The molecule has 0 aromatic heterocycles.